The van der Waals surface area contributed by atoms with Crippen LogP contribution in [0.25, 0.3) is 0 Å². The van der Waals surface area contributed by atoms with Crippen LogP contribution in [0.5, 0.6) is 0 Å². The van der Waals surface area contributed by atoms with Gasteiger partial charge >= 0.3 is 0 Å². The van der Waals surface area contributed by atoms with E-state index in [1.807, 2.05) is 31.0 Å². The zero-order valence-corrected chi connectivity index (χ0v) is 12.3. The molecule has 0 radical (unpaired) electrons. The van der Waals surface area contributed by atoms with Gasteiger partial charge in [0.1, 0.15) is 5.82 Å². The Morgan fingerprint density at radius 1 is 1.10 bits per heavy atom. The fraction of sp³-hybridized carbons (Fsp3) is 0.462. The maximum atomic E-state index is 4.50. The summed E-state index contributed by atoms with van der Waals surface area (Å²) in [6.45, 7) is 4.63. The van der Waals surface area contributed by atoms with Gasteiger partial charge < -0.3 is 15.1 Å². The second kappa shape index (κ2) is 6.15. The average molecular weight is 290 g/mol. The minimum absolute atomic E-state index is 0.755. The van der Waals surface area contributed by atoms with E-state index in [-0.39, 0.29) is 0 Å². The predicted octanol–water partition coefficient (Wildman–Crippen LogP) is 0.979. The Bertz CT molecular complexity index is 518. The van der Waals surface area contributed by atoms with E-state index < -0.39 is 0 Å². The summed E-state index contributed by atoms with van der Waals surface area (Å²) in [6, 6.07) is 0. The number of rotatable bonds is 4. The second-order valence-corrected chi connectivity index (χ2v) is 5.56. The van der Waals surface area contributed by atoms with E-state index in [0.717, 1.165) is 49.4 Å². The Kier molecular flexibility index (Phi) is 4.08. The zero-order chi connectivity index (χ0) is 13.8. The number of aromatic nitrogens is 3. The van der Waals surface area contributed by atoms with Gasteiger partial charge in [-0.05, 0) is 7.05 Å². The van der Waals surface area contributed by atoms with Crippen molar-refractivity contribution in [1.29, 1.82) is 0 Å². The van der Waals surface area contributed by atoms with E-state index in [4.69, 9.17) is 0 Å². The molecule has 1 aliphatic heterocycles. The van der Waals surface area contributed by atoms with Crippen LogP contribution in [0.15, 0.2) is 24.0 Å². The third-order valence-electron chi connectivity index (χ3n) is 3.34. The molecule has 0 aromatic carbocycles. The van der Waals surface area contributed by atoms with Crippen LogP contribution in [0.3, 0.4) is 0 Å². The van der Waals surface area contributed by atoms with Crippen molar-refractivity contribution in [3.63, 3.8) is 0 Å². The fourth-order valence-corrected chi connectivity index (χ4v) is 2.98. The molecule has 106 valence electrons. The molecule has 1 aliphatic rings. The molecule has 0 bridgehead atoms. The highest BCUT2D eigenvalue weighted by atomic mass is 32.1. The van der Waals surface area contributed by atoms with Gasteiger partial charge in [0.15, 0.2) is 5.13 Å². The third kappa shape index (κ3) is 2.88. The van der Waals surface area contributed by atoms with Crippen molar-refractivity contribution < 1.29 is 0 Å². The van der Waals surface area contributed by atoms with Crippen molar-refractivity contribution in [1.82, 2.24) is 20.3 Å². The molecule has 0 saturated carbocycles. The first-order valence-electron chi connectivity index (χ1n) is 6.72. The molecule has 2 aromatic rings. The largest absolute Gasteiger partial charge is 0.352 e. The summed E-state index contributed by atoms with van der Waals surface area (Å²) in [5.41, 5.74) is 0.970. The first-order chi connectivity index (χ1) is 9.86. The lowest BCUT2D eigenvalue weighted by Crippen LogP contribution is -2.46. The summed E-state index contributed by atoms with van der Waals surface area (Å²) in [6.07, 6.45) is 5.57. The lowest BCUT2D eigenvalue weighted by Gasteiger charge is -2.35. The highest BCUT2D eigenvalue weighted by molar-refractivity contribution is 7.13. The SMILES string of the molecule is CNCc1cnc(N2CCN(c3nccs3)CC2)cn1. The number of nitrogens with one attached hydrogen (secondary N) is 1. The van der Waals surface area contributed by atoms with Gasteiger partial charge in [-0.1, -0.05) is 0 Å². The molecule has 1 N–H and O–H groups in total. The minimum Gasteiger partial charge on any atom is -0.352 e. The number of thiazole rings is 1. The summed E-state index contributed by atoms with van der Waals surface area (Å²) in [5, 5.41) is 6.21. The molecule has 20 heavy (non-hydrogen) atoms. The monoisotopic (exact) mass is 290 g/mol. The molecule has 0 atom stereocenters. The van der Waals surface area contributed by atoms with Crippen molar-refractivity contribution in [2.45, 2.75) is 6.54 Å². The van der Waals surface area contributed by atoms with Crippen LogP contribution in [0.2, 0.25) is 0 Å². The number of anilines is 2. The van der Waals surface area contributed by atoms with Gasteiger partial charge in [0, 0.05) is 44.3 Å². The van der Waals surface area contributed by atoms with Crippen LogP contribution in [0, 0.1) is 0 Å². The molecule has 0 amide bonds. The fourth-order valence-electron chi connectivity index (χ4n) is 2.28. The van der Waals surface area contributed by atoms with Gasteiger partial charge in [0.05, 0.1) is 18.1 Å². The molecule has 1 saturated heterocycles. The molecule has 3 heterocycles. The molecular formula is C13H18N6S. The Hall–Kier alpha value is -1.73. The standard InChI is InChI=1S/C13H18N6S/c1-14-8-11-9-17-12(10-16-11)18-3-5-19(6-4-18)13-15-2-7-20-13/h2,7,9-10,14H,3-6,8H2,1H3. The molecule has 0 spiro atoms. The van der Waals surface area contributed by atoms with Gasteiger partial charge in [-0.15, -0.1) is 11.3 Å². The second-order valence-electron chi connectivity index (χ2n) is 4.69. The van der Waals surface area contributed by atoms with E-state index >= 15 is 0 Å². The quantitative estimate of drug-likeness (QED) is 0.906. The molecule has 7 heteroatoms. The smallest absolute Gasteiger partial charge is 0.185 e. The predicted molar refractivity (Wildman–Crippen MR) is 81.3 cm³/mol. The van der Waals surface area contributed by atoms with Gasteiger partial charge in [-0.3, -0.25) is 4.98 Å². The Balaban J connectivity index is 1.60. The average Bonchev–Trinajstić information content (AvgIpc) is 3.03. The first-order valence-corrected chi connectivity index (χ1v) is 7.59. The maximum Gasteiger partial charge on any atom is 0.185 e. The third-order valence-corrected chi connectivity index (χ3v) is 4.18. The molecular weight excluding hydrogens is 272 g/mol. The molecule has 1 fully saturated rings. The summed E-state index contributed by atoms with van der Waals surface area (Å²) in [5.74, 6) is 0.962. The van der Waals surface area contributed by atoms with Crippen LogP contribution in [-0.2, 0) is 6.54 Å². The van der Waals surface area contributed by atoms with Gasteiger partial charge in [0.2, 0.25) is 0 Å². The highest BCUT2D eigenvalue weighted by Crippen LogP contribution is 2.20. The molecule has 2 aromatic heterocycles. The van der Waals surface area contributed by atoms with Gasteiger partial charge in [-0.2, -0.15) is 0 Å². The van der Waals surface area contributed by atoms with Gasteiger partial charge in [-0.25, -0.2) is 9.97 Å². The van der Waals surface area contributed by atoms with Crippen LogP contribution in [-0.4, -0.2) is 48.2 Å². The van der Waals surface area contributed by atoms with Crippen molar-refractivity contribution >= 4 is 22.3 Å². The lowest BCUT2D eigenvalue weighted by atomic mass is 10.3. The van der Waals surface area contributed by atoms with E-state index in [9.17, 15) is 0 Å². The van der Waals surface area contributed by atoms with Crippen molar-refractivity contribution in [2.24, 2.45) is 0 Å². The summed E-state index contributed by atoms with van der Waals surface area (Å²) < 4.78 is 0. The molecule has 0 unspecified atom stereocenters. The van der Waals surface area contributed by atoms with Crippen molar-refractivity contribution in [3.05, 3.63) is 29.7 Å². The van der Waals surface area contributed by atoms with Crippen molar-refractivity contribution in [2.75, 3.05) is 43.0 Å². The van der Waals surface area contributed by atoms with E-state index in [1.165, 1.54) is 0 Å². The van der Waals surface area contributed by atoms with E-state index in [2.05, 4.69) is 30.1 Å². The number of piperazine rings is 1. The molecule has 0 aliphatic carbocycles. The first kappa shape index (κ1) is 13.3. The van der Waals surface area contributed by atoms with Gasteiger partial charge in [0.25, 0.3) is 0 Å². The highest BCUT2D eigenvalue weighted by Gasteiger charge is 2.19. The minimum atomic E-state index is 0.755. The number of nitrogens with zero attached hydrogens (tertiary/aromatic N) is 5. The maximum absolute atomic E-state index is 4.50. The zero-order valence-electron chi connectivity index (χ0n) is 11.5. The topological polar surface area (TPSA) is 57.2 Å². The molecule has 3 rings (SSSR count). The van der Waals surface area contributed by atoms with Crippen molar-refractivity contribution in [3.8, 4) is 0 Å². The Morgan fingerprint density at radius 2 is 1.90 bits per heavy atom. The number of hydrogen-bond donors (Lipinski definition) is 1. The van der Waals surface area contributed by atoms with E-state index in [0.29, 0.717) is 0 Å². The lowest BCUT2D eigenvalue weighted by molar-refractivity contribution is 0.643. The normalized spacial score (nSPS) is 15.7. The summed E-state index contributed by atoms with van der Waals surface area (Å²) >= 11 is 1.70. The van der Waals surface area contributed by atoms with Crippen LogP contribution in [0.1, 0.15) is 5.69 Å². The Labute approximate surface area is 122 Å². The van der Waals surface area contributed by atoms with Crippen LogP contribution in [0.4, 0.5) is 10.9 Å². The Morgan fingerprint density at radius 3 is 2.50 bits per heavy atom. The van der Waals surface area contributed by atoms with Crippen LogP contribution >= 0.6 is 11.3 Å². The van der Waals surface area contributed by atoms with Crippen LogP contribution < -0.4 is 15.1 Å². The number of hydrogen-bond acceptors (Lipinski definition) is 7. The molecule has 6 nitrogen and oxygen atoms in total. The van der Waals surface area contributed by atoms with E-state index in [1.54, 1.807) is 11.3 Å². The summed E-state index contributed by atoms with van der Waals surface area (Å²) in [4.78, 5) is 17.9. The summed E-state index contributed by atoms with van der Waals surface area (Å²) in [7, 11) is 1.91.